The molecule has 0 atom stereocenters. The molecule has 0 radical (unpaired) electrons. The Hall–Kier alpha value is -2.58. The fourth-order valence-electron chi connectivity index (χ4n) is 4.61. The summed E-state index contributed by atoms with van der Waals surface area (Å²) in [5, 5.41) is 0. The number of sulfonamides is 1. The predicted molar refractivity (Wildman–Crippen MR) is 133 cm³/mol. The fourth-order valence-corrected chi connectivity index (χ4v) is 6.59. The minimum Gasteiger partial charge on any atom is -0.493 e. The fraction of sp³-hybridized carbons (Fsp3) is 0.500. The monoisotopic (exact) mass is 488 g/mol. The quantitative estimate of drug-likeness (QED) is 0.594. The van der Waals surface area contributed by atoms with Gasteiger partial charge in [0.1, 0.15) is 0 Å². The van der Waals surface area contributed by atoms with Gasteiger partial charge in [-0.25, -0.2) is 8.42 Å². The van der Waals surface area contributed by atoms with Crippen LogP contribution in [0.25, 0.3) is 0 Å². The van der Waals surface area contributed by atoms with Crippen molar-refractivity contribution in [3.05, 3.63) is 51.6 Å². The molecule has 34 heavy (non-hydrogen) atoms. The van der Waals surface area contributed by atoms with Gasteiger partial charge in [-0.05, 0) is 86.6 Å². The van der Waals surface area contributed by atoms with E-state index in [1.807, 2.05) is 52.8 Å². The van der Waals surface area contributed by atoms with Gasteiger partial charge in [0.25, 0.3) is 0 Å². The molecular formula is C26H36N2O5S. The van der Waals surface area contributed by atoms with E-state index in [1.165, 1.54) is 4.31 Å². The van der Waals surface area contributed by atoms with Crippen LogP contribution in [0, 0.1) is 34.6 Å². The Morgan fingerprint density at radius 2 is 1.35 bits per heavy atom. The van der Waals surface area contributed by atoms with Crippen LogP contribution in [0.5, 0.6) is 11.5 Å². The summed E-state index contributed by atoms with van der Waals surface area (Å²) in [5.41, 5.74) is 5.79. The van der Waals surface area contributed by atoms with Crippen molar-refractivity contribution in [3.8, 4) is 11.5 Å². The lowest BCUT2D eigenvalue weighted by Crippen LogP contribution is -2.50. The second kappa shape index (κ2) is 10.4. The molecule has 0 aromatic heterocycles. The Morgan fingerprint density at radius 3 is 1.88 bits per heavy atom. The van der Waals surface area contributed by atoms with Crippen LogP contribution in [0.1, 0.15) is 39.8 Å². The summed E-state index contributed by atoms with van der Waals surface area (Å²) in [6.45, 7) is 11.2. The number of rotatable bonds is 7. The topological polar surface area (TPSA) is 76.2 Å². The summed E-state index contributed by atoms with van der Waals surface area (Å²) in [7, 11) is -0.460. The number of hydrogen-bond donors (Lipinski definition) is 0. The average molecular weight is 489 g/mol. The summed E-state index contributed by atoms with van der Waals surface area (Å²) < 4.78 is 39.2. The first-order valence-corrected chi connectivity index (χ1v) is 13.0. The van der Waals surface area contributed by atoms with Gasteiger partial charge >= 0.3 is 0 Å². The number of carbonyl (C=O) groups excluding carboxylic acids is 1. The molecule has 0 unspecified atom stereocenters. The average Bonchev–Trinajstić information content (AvgIpc) is 2.84. The third-order valence-corrected chi connectivity index (χ3v) is 9.37. The minimum atomic E-state index is -3.63. The first-order chi connectivity index (χ1) is 16.0. The van der Waals surface area contributed by atoms with Gasteiger partial charge in [0.2, 0.25) is 15.9 Å². The molecule has 1 saturated heterocycles. The molecule has 1 aliphatic rings. The van der Waals surface area contributed by atoms with Gasteiger partial charge in [-0.2, -0.15) is 4.31 Å². The zero-order chi connectivity index (χ0) is 25.2. The van der Waals surface area contributed by atoms with Crippen LogP contribution < -0.4 is 9.47 Å². The van der Waals surface area contributed by atoms with Gasteiger partial charge in [0, 0.05) is 32.6 Å². The highest BCUT2D eigenvalue weighted by molar-refractivity contribution is 7.89. The number of benzene rings is 2. The number of methoxy groups -OCH3 is 2. The largest absolute Gasteiger partial charge is 0.493 e. The molecule has 186 valence electrons. The zero-order valence-electron chi connectivity index (χ0n) is 21.3. The van der Waals surface area contributed by atoms with Crippen molar-refractivity contribution >= 4 is 15.9 Å². The van der Waals surface area contributed by atoms with Crippen molar-refractivity contribution in [2.75, 3.05) is 40.4 Å². The molecule has 2 aromatic carbocycles. The van der Waals surface area contributed by atoms with E-state index < -0.39 is 10.0 Å². The van der Waals surface area contributed by atoms with Crippen molar-refractivity contribution in [3.63, 3.8) is 0 Å². The summed E-state index contributed by atoms with van der Waals surface area (Å²) >= 11 is 0. The van der Waals surface area contributed by atoms with E-state index >= 15 is 0 Å². The molecule has 0 N–H and O–H groups in total. The maximum Gasteiger partial charge on any atom is 0.243 e. The number of aryl methyl sites for hydroxylation is 1. The standard InChI is InChI=1S/C26H36N2O5S/c1-17-18(2)20(4)26(21(5)19(17)3)34(30,31)28-14-12-27(13-15-28)25(29)11-9-22-8-10-23(32-6)24(16-22)33-7/h8,10,16H,9,11-15H2,1-7H3. The lowest BCUT2D eigenvalue weighted by atomic mass is 9.95. The van der Waals surface area contributed by atoms with Crippen LogP contribution in [-0.4, -0.2) is 63.9 Å². The second-order valence-electron chi connectivity index (χ2n) is 8.93. The van der Waals surface area contributed by atoms with Crippen LogP contribution in [0.15, 0.2) is 23.1 Å². The second-order valence-corrected chi connectivity index (χ2v) is 10.8. The molecule has 1 heterocycles. The smallest absolute Gasteiger partial charge is 0.243 e. The van der Waals surface area contributed by atoms with Crippen LogP contribution >= 0.6 is 0 Å². The summed E-state index contributed by atoms with van der Waals surface area (Å²) in [5.74, 6) is 1.32. The normalized spacial score (nSPS) is 14.9. The van der Waals surface area contributed by atoms with E-state index in [9.17, 15) is 13.2 Å². The predicted octanol–water partition coefficient (Wildman–Crippen LogP) is 3.71. The Labute approximate surface area is 203 Å². The van der Waals surface area contributed by atoms with E-state index in [2.05, 4.69) is 0 Å². The SMILES string of the molecule is COc1ccc(CCC(=O)N2CCN(S(=O)(=O)c3c(C)c(C)c(C)c(C)c3C)CC2)cc1OC. The maximum atomic E-state index is 13.5. The molecule has 3 rings (SSSR count). The Morgan fingerprint density at radius 1 is 0.824 bits per heavy atom. The number of carbonyl (C=O) groups is 1. The van der Waals surface area contributed by atoms with Crippen molar-refractivity contribution in [2.45, 2.75) is 52.4 Å². The molecule has 7 nitrogen and oxygen atoms in total. The van der Waals surface area contributed by atoms with Crippen molar-refractivity contribution in [1.82, 2.24) is 9.21 Å². The highest BCUT2D eigenvalue weighted by Gasteiger charge is 2.33. The van der Waals surface area contributed by atoms with Gasteiger partial charge in [-0.15, -0.1) is 0 Å². The summed E-state index contributed by atoms with van der Waals surface area (Å²) in [6.07, 6.45) is 0.939. The van der Waals surface area contributed by atoms with Crippen LogP contribution in [0.3, 0.4) is 0 Å². The number of amides is 1. The molecule has 1 amide bonds. The molecule has 1 aliphatic heterocycles. The van der Waals surface area contributed by atoms with E-state index in [4.69, 9.17) is 9.47 Å². The molecule has 0 bridgehead atoms. The van der Waals surface area contributed by atoms with Gasteiger partial charge in [0.15, 0.2) is 11.5 Å². The molecular weight excluding hydrogens is 452 g/mol. The van der Waals surface area contributed by atoms with Gasteiger partial charge in [-0.3, -0.25) is 4.79 Å². The molecule has 2 aromatic rings. The highest BCUT2D eigenvalue weighted by Crippen LogP contribution is 2.32. The van der Waals surface area contributed by atoms with Crippen LogP contribution in [0.4, 0.5) is 0 Å². The lowest BCUT2D eigenvalue weighted by Gasteiger charge is -2.35. The highest BCUT2D eigenvalue weighted by atomic mass is 32.2. The molecule has 1 fully saturated rings. The van der Waals surface area contributed by atoms with E-state index in [1.54, 1.807) is 19.1 Å². The zero-order valence-corrected chi connectivity index (χ0v) is 22.1. The van der Waals surface area contributed by atoms with Gasteiger partial charge in [0.05, 0.1) is 19.1 Å². The number of nitrogens with zero attached hydrogens (tertiary/aromatic N) is 2. The van der Waals surface area contributed by atoms with E-state index in [0.717, 1.165) is 33.4 Å². The number of hydrogen-bond acceptors (Lipinski definition) is 5. The maximum absolute atomic E-state index is 13.5. The Balaban J connectivity index is 1.66. The van der Waals surface area contributed by atoms with Crippen molar-refractivity contribution in [1.29, 1.82) is 0 Å². The van der Waals surface area contributed by atoms with Crippen molar-refractivity contribution in [2.24, 2.45) is 0 Å². The van der Waals surface area contributed by atoms with Crippen LogP contribution in [0.2, 0.25) is 0 Å². The van der Waals surface area contributed by atoms with Gasteiger partial charge < -0.3 is 14.4 Å². The van der Waals surface area contributed by atoms with Gasteiger partial charge in [-0.1, -0.05) is 6.07 Å². The minimum absolute atomic E-state index is 0.0289. The molecule has 0 spiro atoms. The molecule has 0 aliphatic carbocycles. The van der Waals surface area contributed by atoms with Crippen molar-refractivity contribution < 1.29 is 22.7 Å². The Kier molecular flexibility index (Phi) is 7.93. The third-order valence-electron chi connectivity index (χ3n) is 7.20. The summed E-state index contributed by atoms with van der Waals surface area (Å²) in [6, 6.07) is 5.64. The number of piperazine rings is 1. The van der Waals surface area contributed by atoms with E-state index in [0.29, 0.717) is 55.4 Å². The third kappa shape index (κ3) is 4.93. The molecule has 0 saturated carbocycles. The van der Waals surface area contributed by atoms with Crippen LogP contribution in [-0.2, 0) is 21.2 Å². The lowest BCUT2D eigenvalue weighted by molar-refractivity contribution is -0.132. The van der Waals surface area contributed by atoms with E-state index in [-0.39, 0.29) is 5.91 Å². The number of ether oxygens (including phenoxy) is 2. The first-order valence-electron chi connectivity index (χ1n) is 11.6. The molecule has 8 heteroatoms. The summed E-state index contributed by atoms with van der Waals surface area (Å²) in [4.78, 5) is 15.0. The Bertz CT molecular complexity index is 1150. The first kappa shape index (κ1) is 26.0.